The molecule has 3 heterocycles. The molecule has 4 rings (SSSR count). The Kier molecular flexibility index (Phi) is 6.20. The average Bonchev–Trinajstić information content (AvgIpc) is 3.47. The SMILES string of the molecule is Cc1ccc(-c2nnc(SCC(=O)c3cc(C)n(CCc4cccs4)c3C)o2)cc1. The summed E-state index contributed by atoms with van der Waals surface area (Å²) in [5.74, 6) is 0.812. The van der Waals surface area contributed by atoms with Gasteiger partial charge in [0.25, 0.3) is 5.22 Å². The molecule has 30 heavy (non-hydrogen) atoms. The quantitative estimate of drug-likeness (QED) is 0.260. The molecule has 3 aromatic heterocycles. The molecule has 0 aliphatic rings. The van der Waals surface area contributed by atoms with Crippen LogP contribution in [-0.4, -0.2) is 26.3 Å². The van der Waals surface area contributed by atoms with Crippen LogP contribution in [0.4, 0.5) is 0 Å². The number of rotatable bonds is 8. The second-order valence-corrected chi connectivity index (χ2v) is 9.18. The van der Waals surface area contributed by atoms with Crippen LogP contribution in [0, 0.1) is 20.8 Å². The molecule has 0 spiro atoms. The molecule has 0 atom stereocenters. The second-order valence-electron chi connectivity index (χ2n) is 7.22. The lowest BCUT2D eigenvalue weighted by atomic mass is 10.1. The lowest BCUT2D eigenvalue weighted by molar-refractivity contribution is 0.102. The van der Waals surface area contributed by atoms with Gasteiger partial charge in [-0.1, -0.05) is 35.5 Å². The Morgan fingerprint density at radius 3 is 2.67 bits per heavy atom. The summed E-state index contributed by atoms with van der Waals surface area (Å²) in [5.41, 5.74) is 4.94. The van der Waals surface area contributed by atoms with Crippen molar-refractivity contribution >= 4 is 28.9 Å². The smallest absolute Gasteiger partial charge is 0.277 e. The zero-order valence-corrected chi connectivity index (χ0v) is 18.8. The first-order valence-electron chi connectivity index (χ1n) is 9.77. The van der Waals surface area contributed by atoms with Crippen LogP contribution >= 0.6 is 23.1 Å². The predicted molar refractivity (Wildman–Crippen MR) is 121 cm³/mol. The van der Waals surface area contributed by atoms with E-state index >= 15 is 0 Å². The summed E-state index contributed by atoms with van der Waals surface area (Å²) in [6, 6.07) is 14.1. The van der Waals surface area contributed by atoms with Gasteiger partial charge in [-0.25, -0.2) is 0 Å². The first-order valence-corrected chi connectivity index (χ1v) is 11.6. The summed E-state index contributed by atoms with van der Waals surface area (Å²) in [6.45, 7) is 6.98. The molecule has 0 N–H and O–H groups in total. The molecule has 0 saturated heterocycles. The molecule has 0 fully saturated rings. The van der Waals surface area contributed by atoms with E-state index in [1.165, 1.54) is 22.2 Å². The van der Waals surface area contributed by atoms with E-state index in [0.29, 0.717) is 11.1 Å². The summed E-state index contributed by atoms with van der Waals surface area (Å²) in [4.78, 5) is 14.2. The number of aryl methyl sites for hydroxylation is 3. The highest BCUT2D eigenvalue weighted by atomic mass is 32.2. The van der Waals surface area contributed by atoms with Gasteiger partial charge in [-0.2, -0.15) is 0 Å². The number of thiophene rings is 1. The molecule has 0 unspecified atom stereocenters. The van der Waals surface area contributed by atoms with Crippen LogP contribution in [-0.2, 0) is 13.0 Å². The highest BCUT2D eigenvalue weighted by molar-refractivity contribution is 7.99. The van der Waals surface area contributed by atoms with Crippen LogP contribution in [0.5, 0.6) is 0 Å². The first kappa shape index (κ1) is 20.6. The van der Waals surface area contributed by atoms with Gasteiger partial charge in [0.2, 0.25) is 5.89 Å². The van der Waals surface area contributed by atoms with Crippen molar-refractivity contribution in [2.24, 2.45) is 0 Å². The van der Waals surface area contributed by atoms with Crippen LogP contribution in [0.2, 0.25) is 0 Å². The minimum absolute atomic E-state index is 0.0746. The second kappa shape index (κ2) is 9.02. The van der Waals surface area contributed by atoms with Gasteiger partial charge >= 0.3 is 0 Å². The monoisotopic (exact) mass is 437 g/mol. The van der Waals surface area contributed by atoms with Gasteiger partial charge in [0.1, 0.15) is 0 Å². The number of thioether (sulfide) groups is 1. The van der Waals surface area contributed by atoms with E-state index in [2.05, 4.69) is 39.2 Å². The molecule has 5 nitrogen and oxygen atoms in total. The Hall–Kier alpha value is -2.64. The number of hydrogen-bond acceptors (Lipinski definition) is 6. The van der Waals surface area contributed by atoms with Crippen LogP contribution < -0.4 is 0 Å². The van der Waals surface area contributed by atoms with E-state index in [1.807, 2.05) is 44.2 Å². The minimum Gasteiger partial charge on any atom is -0.411 e. The van der Waals surface area contributed by atoms with Gasteiger partial charge < -0.3 is 8.98 Å². The number of benzene rings is 1. The maximum absolute atomic E-state index is 12.8. The number of carbonyl (C=O) groups is 1. The highest BCUT2D eigenvalue weighted by Gasteiger charge is 2.18. The summed E-state index contributed by atoms with van der Waals surface area (Å²) in [6.07, 6.45) is 0.972. The van der Waals surface area contributed by atoms with E-state index in [-0.39, 0.29) is 11.5 Å². The predicted octanol–water partition coefficient (Wildman–Crippen LogP) is 5.74. The standard InChI is InChI=1S/C23H23N3O2S2/c1-15-6-8-18(9-7-15)22-24-25-23(28-22)30-14-21(27)20-13-16(2)26(17(20)3)11-10-19-5-4-12-29-19/h4-9,12-13H,10-11,14H2,1-3H3. The van der Waals surface area contributed by atoms with Gasteiger partial charge in [-0.15, -0.1) is 21.5 Å². The Balaban J connectivity index is 1.39. The lowest BCUT2D eigenvalue weighted by Gasteiger charge is -2.09. The molecule has 0 aliphatic heterocycles. The number of aromatic nitrogens is 3. The topological polar surface area (TPSA) is 60.9 Å². The van der Waals surface area contributed by atoms with E-state index in [1.54, 1.807) is 11.3 Å². The van der Waals surface area contributed by atoms with Crippen molar-refractivity contribution in [3.8, 4) is 11.5 Å². The van der Waals surface area contributed by atoms with Crippen LogP contribution in [0.1, 0.15) is 32.2 Å². The molecule has 0 radical (unpaired) electrons. The van der Waals surface area contributed by atoms with Crippen molar-refractivity contribution < 1.29 is 9.21 Å². The molecule has 4 aromatic rings. The van der Waals surface area contributed by atoms with Crippen LogP contribution in [0.15, 0.2) is 57.5 Å². The number of nitrogens with zero attached hydrogens (tertiary/aromatic N) is 3. The Morgan fingerprint density at radius 2 is 1.93 bits per heavy atom. The molecule has 0 saturated carbocycles. The summed E-state index contributed by atoms with van der Waals surface area (Å²) >= 11 is 3.05. The Morgan fingerprint density at radius 1 is 1.13 bits per heavy atom. The minimum atomic E-state index is 0.0746. The van der Waals surface area contributed by atoms with E-state index in [9.17, 15) is 4.79 Å². The van der Waals surface area contributed by atoms with Crippen molar-refractivity contribution in [2.75, 3.05) is 5.75 Å². The van der Waals surface area contributed by atoms with E-state index in [4.69, 9.17) is 4.42 Å². The Bertz CT molecular complexity index is 1140. The normalized spacial score (nSPS) is 11.2. The van der Waals surface area contributed by atoms with Crippen molar-refractivity contribution in [1.82, 2.24) is 14.8 Å². The lowest BCUT2D eigenvalue weighted by Crippen LogP contribution is -2.08. The molecular weight excluding hydrogens is 414 g/mol. The molecular formula is C23H23N3O2S2. The third-order valence-electron chi connectivity index (χ3n) is 5.07. The number of carbonyl (C=O) groups excluding carboxylic acids is 1. The fourth-order valence-corrected chi connectivity index (χ4v) is 4.73. The summed E-state index contributed by atoms with van der Waals surface area (Å²) < 4.78 is 7.94. The van der Waals surface area contributed by atoms with Gasteiger partial charge in [0.15, 0.2) is 5.78 Å². The van der Waals surface area contributed by atoms with Crippen LogP contribution in [0.25, 0.3) is 11.5 Å². The van der Waals surface area contributed by atoms with Crippen molar-refractivity contribution in [2.45, 2.75) is 39.0 Å². The van der Waals surface area contributed by atoms with E-state index in [0.717, 1.165) is 35.5 Å². The van der Waals surface area contributed by atoms with Crippen molar-refractivity contribution in [1.29, 1.82) is 0 Å². The molecule has 7 heteroatoms. The molecule has 0 amide bonds. The van der Waals surface area contributed by atoms with Gasteiger partial charge in [-0.3, -0.25) is 4.79 Å². The molecule has 154 valence electrons. The summed E-state index contributed by atoms with van der Waals surface area (Å²) in [7, 11) is 0. The molecule has 0 aliphatic carbocycles. The van der Waals surface area contributed by atoms with Crippen LogP contribution in [0.3, 0.4) is 0 Å². The first-order chi connectivity index (χ1) is 14.5. The summed E-state index contributed by atoms with van der Waals surface area (Å²) in [5, 5.41) is 10.7. The zero-order valence-electron chi connectivity index (χ0n) is 17.2. The molecule has 1 aromatic carbocycles. The zero-order chi connectivity index (χ0) is 21.1. The van der Waals surface area contributed by atoms with Crippen molar-refractivity contribution in [3.63, 3.8) is 0 Å². The third kappa shape index (κ3) is 4.57. The molecule has 0 bridgehead atoms. The highest BCUT2D eigenvalue weighted by Crippen LogP contribution is 2.25. The Labute approximate surface area is 184 Å². The number of Topliss-reactive ketones (excluding diaryl/α,β-unsaturated/α-hetero) is 1. The van der Waals surface area contributed by atoms with E-state index < -0.39 is 0 Å². The maximum Gasteiger partial charge on any atom is 0.277 e. The van der Waals surface area contributed by atoms with Gasteiger partial charge in [-0.05, 0) is 56.8 Å². The number of ketones is 1. The maximum atomic E-state index is 12.8. The van der Waals surface area contributed by atoms with Gasteiger partial charge in [0.05, 0.1) is 5.75 Å². The fraction of sp³-hybridized carbons (Fsp3) is 0.261. The largest absolute Gasteiger partial charge is 0.411 e. The average molecular weight is 438 g/mol. The van der Waals surface area contributed by atoms with Crippen molar-refractivity contribution in [3.05, 3.63) is 75.2 Å². The third-order valence-corrected chi connectivity index (χ3v) is 6.82. The fourth-order valence-electron chi connectivity index (χ4n) is 3.39. The van der Waals surface area contributed by atoms with Gasteiger partial charge in [0, 0.05) is 33.9 Å². The number of hydrogen-bond donors (Lipinski definition) is 0.